The van der Waals surface area contributed by atoms with E-state index in [0.717, 1.165) is 31.2 Å². The van der Waals surface area contributed by atoms with Gasteiger partial charge in [0.2, 0.25) is 5.91 Å². The Balaban J connectivity index is 2.57. The van der Waals surface area contributed by atoms with Crippen molar-refractivity contribution in [3.63, 3.8) is 0 Å². The topological polar surface area (TPSA) is 75.4 Å². The Hall–Kier alpha value is -1.88. The maximum absolute atomic E-state index is 12.1. The number of carbonyl (C=O) groups is 2. The van der Waals surface area contributed by atoms with Crippen LogP contribution in [0.1, 0.15) is 48.0 Å². The fourth-order valence-electron chi connectivity index (χ4n) is 2.18. The summed E-state index contributed by atoms with van der Waals surface area (Å²) in [4.78, 5) is 25.5. The molecule has 0 heterocycles. The second-order valence-corrected chi connectivity index (χ2v) is 5.73. The van der Waals surface area contributed by atoms with Crippen LogP contribution in [-0.4, -0.2) is 37.4 Å². The van der Waals surface area contributed by atoms with Crippen LogP contribution in [0.2, 0.25) is 0 Å². The van der Waals surface area contributed by atoms with Crippen LogP contribution in [0.5, 0.6) is 0 Å². The third kappa shape index (κ3) is 5.85. The van der Waals surface area contributed by atoms with Crippen LogP contribution < -0.4 is 11.1 Å². The van der Waals surface area contributed by atoms with Gasteiger partial charge in [-0.05, 0) is 44.0 Å². The van der Waals surface area contributed by atoms with Crippen LogP contribution in [-0.2, 0) is 4.79 Å². The van der Waals surface area contributed by atoms with E-state index >= 15 is 0 Å². The van der Waals surface area contributed by atoms with Crippen LogP contribution >= 0.6 is 0 Å². The molecular formula is C17H27N3O2. The second kappa shape index (κ2) is 9.20. The summed E-state index contributed by atoms with van der Waals surface area (Å²) >= 11 is 0. The van der Waals surface area contributed by atoms with Crippen LogP contribution in [0.15, 0.2) is 18.2 Å². The molecule has 3 N–H and O–H groups in total. The predicted molar refractivity (Wildman–Crippen MR) is 90.0 cm³/mol. The van der Waals surface area contributed by atoms with E-state index in [0.29, 0.717) is 24.2 Å². The third-order valence-electron chi connectivity index (χ3n) is 3.52. The fraction of sp³-hybridized carbons (Fsp3) is 0.529. The molecule has 0 saturated heterocycles. The van der Waals surface area contributed by atoms with Gasteiger partial charge < -0.3 is 16.0 Å². The molecule has 0 aliphatic carbocycles. The summed E-state index contributed by atoms with van der Waals surface area (Å²) < 4.78 is 0. The van der Waals surface area contributed by atoms with E-state index in [9.17, 15) is 9.59 Å². The van der Waals surface area contributed by atoms with Crippen molar-refractivity contribution in [3.05, 3.63) is 29.3 Å². The summed E-state index contributed by atoms with van der Waals surface area (Å²) in [6.45, 7) is 2.60. The highest BCUT2D eigenvalue weighted by molar-refractivity contribution is 5.98. The molecule has 0 saturated carbocycles. The number of unbranched alkanes of at least 4 members (excludes halogenated alkanes) is 3. The van der Waals surface area contributed by atoms with Crippen LogP contribution in [0.3, 0.4) is 0 Å². The van der Waals surface area contributed by atoms with Gasteiger partial charge in [0, 0.05) is 31.8 Å². The molecule has 5 heteroatoms. The number of rotatable bonds is 8. The number of hydrogen-bond acceptors (Lipinski definition) is 3. The first kappa shape index (κ1) is 18.2. The van der Waals surface area contributed by atoms with Gasteiger partial charge in [0.25, 0.3) is 5.91 Å². The fourth-order valence-corrected chi connectivity index (χ4v) is 2.18. The molecule has 0 bridgehead atoms. The van der Waals surface area contributed by atoms with Crippen molar-refractivity contribution >= 4 is 17.5 Å². The van der Waals surface area contributed by atoms with Crippen molar-refractivity contribution in [1.29, 1.82) is 0 Å². The Bertz CT molecular complexity index is 513. The van der Waals surface area contributed by atoms with E-state index in [4.69, 9.17) is 5.73 Å². The molecule has 1 aromatic rings. The van der Waals surface area contributed by atoms with Gasteiger partial charge in [-0.2, -0.15) is 0 Å². The van der Waals surface area contributed by atoms with Gasteiger partial charge in [0.15, 0.2) is 0 Å². The summed E-state index contributed by atoms with van der Waals surface area (Å²) in [6, 6.07) is 5.42. The highest BCUT2D eigenvalue weighted by Crippen LogP contribution is 2.17. The molecule has 0 spiro atoms. The Morgan fingerprint density at radius 2 is 1.82 bits per heavy atom. The summed E-state index contributed by atoms with van der Waals surface area (Å²) in [5.74, 6) is -0.0739. The minimum absolute atomic E-state index is 0.0140. The minimum atomic E-state index is -0.0598. The average Bonchev–Trinajstić information content (AvgIpc) is 2.48. The maximum Gasteiger partial charge on any atom is 0.253 e. The van der Waals surface area contributed by atoms with E-state index in [-0.39, 0.29) is 11.8 Å². The number of aryl methyl sites for hydroxylation is 1. The van der Waals surface area contributed by atoms with E-state index in [1.165, 1.54) is 4.90 Å². The lowest BCUT2D eigenvalue weighted by atomic mass is 10.1. The molecule has 1 aromatic carbocycles. The van der Waals surface area contributed by atoms with Crippen molar-refractivity contribution in [2.45, 2.75) is 39.0 Å². The number of benzene rings is 1. The summed E-state index contributed by atoms with van der Waals surface area (Å²) in [6.07, 6.45) is 4.45. The molecule has 0 unspecified atom stereocenters. The molecule has 0 aliphatic heterocycles. The second-order valence-electron chi connectivity index (χ2n) is 5.73. The summed E-state index contributed by atoms with van der Waals surface area (Å²) in [5.41, 5.74) is 7.62. The van der Waals surface area contributed by atoms with E-state index in [2.05, 4.69) is 5.32 Å². The van der Waals surface area contributed by atoms with E-state index in [1.54, 1.807) is 20.2 Å². The molecule has 5 nitrogen and oxygen atoms in total. The molecule has 22 heavy (non-hydrogen) atoms. The van der Waals surface area contributed by atoms with Gasteiger partial charge in [-0.15, -0.1) is 0 Å². The van der Waals surface area contributed by atoms with Crippen molar-refractivity contribution < 1.29 is 9.59 Å². The van der Waals surface area contributed by atoms with Gasteiger partial charge in [0.05, 0.1) is 0 Å². The van der Waals surface area contributed by atoms with Gasteiger partial charge in [-0.1, -0.05) is 18.9 Å². The number of nitrogens with two attached hydrogens (primary N) is 1. The van der Waals surface area contributed by atoms with Gasteiger partial charge in [0.1, 0.15) is 0 Å². The molecule has 0 aromatic heterocycles. The zero-order valence-corrected chi connectivity index (χ0v) is 13.8. The molecule has 2 amide bonds. The number of nitrogens with one attached hydrogen (secondary N) is 1. The Kier molecular flexibility index (Phi) is 7.60. The first-order valence-corrected chi connectivity index (χ1v) is 7.78. The van der Waals surface area contributed by atoms with Gasteiger partial charge >= 0.3 is 0 Å². The highest BCUT2D eigenvalue weighted by Gasteiger charge is 2.12. The Labute approximate surface area is 132 Å². The molecule has 0 radical (unpaired) electrons. The Morgan fingerprint density at radius 1 is 1.14 bits per heavy atom. The number of nitrogens with zero attached hydrogens (tertiary/aromatic N) is 1. The molecule has 1 rings (SSSR count). The van der Waals surface area contributed by atoms with Crippen molar-refractivity contribution in [2.24, 2.45) is 5.73 Å². The van der Waals surface area contributed by atoms with Crippen molar-refractivity contribution in [2.75, 3.05) is 26.0 Å². The molecule has 0 aliphatic rings. The smallest absolute Gasteiger partial charge is 0.253 e. The molecule has 122 valence electrons. The number of amides is 2. The van der Waals surface area contributed by atoms with Gasteiger partial charge in [-0.3, -0.25) is 9.59 Å². The zero-order valence-electron chi connectivity index (χ0n) is 13.8. The van der Waals surface area contributed by atoms with Crippen LogP contribution in [0.4, 0.5) is 5.69 Å². The lowest BCUT2D eigenvalue weighted by molar-refractivity contribution is -0.116. The quantitative estimate of drug-likeness (QED) is 0.725. The standard InChI is InChI=1S/C17H27N3O2/c1-13-9-10-14(12-15(13)17(22)20(2)3)19-16(21)8-6-4-5-7-11-18/h9-10,12H,4-8,11,18H2,1-3H3,(H,19,21). The summed E-state index contributed by atoms with van der Waals surface area (Å²) in [7, 11) is 3.43. The maximum atomic E-state index is 12.1. The highest BCUT2D eigenvalue weighted by atomic mass is 16.2. The van der Waals surface area contributed by atoms with Crippen molar-refractivity contribution in [3.8, 4) is 0 Å². The minimum Gasteiger partial charge on any atom is -0.345 e. The Morgan fingerprint density at radius 3 is 2.45 bits per heavy atom. The first-order valence-electron chi connectivity index (χ1n) is 7.78. The largest absolute Gasteiger partial charge is 0.345 e. The van der Waals surface area contributed by atoms with Crippen LogP contribution in [0.25, 0.3) is 0 Å². The number of hydrogen-bond donors (Lipinski definition) is 2. The lowest BCUT2D eigenvalue weighted by Crippen LogP contribution is -2.23. The molecular weight excluding hydrogens is 278 g/mol. The normalized spacial score (nSPS) is 10.4. The molecule has 0 fully saturated rings. The lowest BCUT2D eigenvalue weighted by Gasteiger charge is -2.14. The SMILES string of the molecule is Cc1ccc(NC(=O)CCCCCCN)cc1C(=O)N(C)C. The number of anilines is 1. The van der Waals surface area contributed by atoms with E-state index < -0.39 is 0 Å². The summed E-state index contributed by atoms with van der Waals surface area (Å²) in [5, 5.41) is 2.86. The number of carbonyl (C=O) groups excluding carboxylic acids is 2. The molecule has 0 atom stereocenters. The van der Waals surface area contributed by atoms with Crippen LogP contribution in [0, 0.1) is 6.92 Å². The monoisotopic (exact) mass is 305 g/mol. The van der Waals surface area contributed by atoms with Gasteiger partial charge in [-0.25, -0.2) is 0 Å². The van der Waals surface area contributed by atoms with E-state index in [1.807, 2.05) is 19.1 Å². The third-order valence-corrected chi connectivity index (χ3v) is 3.52. The average molecular weight is 305 g/mol. The predicted octanol–water partition coefficient (Wildman–Crippen LogP) is 2.54. The van der Waals surface area contributed by atoms with Crippen molar-refractivity contribution in [1.82, 2.24) is 4.90 Å². The first-order chi connectivity index (χ1) is 10.5. The zero-order chi connectivity index (χ0) is 16.5.